The molecule has 0 spiro atoms. The number of piperazine rings is 1. The maximum absolute atomic E-state index is 12.6. The molecular weight excluding hydrogens is 455 g/mol. The number of hydrogen-bond donors (Lipinski definition) is 1. The molecule has 2 aromatic carbocycles. The van der Waals surface area contributed by atoms with E-state index in [-0.39, 0.29) is 17.6 Å². The van der Waals surface area contributed by atoms with Gasteiger partial charge in [0.2, 0.25) is 0 Å². The Morgan fingerprint density at radius 1 is 0.920 bits per heavy atom. The monoisotopic (exact) mass is 470 g/mol. The summed E-state index contributed by atoms with van der Waals surface area (Å²) in [4.78, 5) is 28.5. The van der Waals surface area contributed by atoms with Gasteiger partial charge in [-0.15, -0.1) is 0 Å². The Labute approximate surface area is 164 Å². The fourth-order valence-corrected chi connectivity index (χ4v) is 3.38. The molecule has 0 saturated carbocycles. The lowest BCUT2D eigenvalue weighted by Crippen LogP contribution is -2.50. The summed E-state index contributed by atoms with van der Waals surface area (Å²) < 4.78 is 0.836. The molecule has 1 aliphatic heterocycles. The number of phenolic OH excluding ortho intramolecular Hbond substituents is 1. The minimum Gasteiger partial charge on any atom is -0.508 e. The normalized spacial score (nSPS) is 14.5. The number of nitrogens with zero attached hydrogens (tertiary/aromatic N) is 2. The average Bonchev–Trinajstić information content (AvgIpc) is 2.63. The third kappa shape index (κ3) is 4.07. The minimum atomic E-state index is -0.135. The highest BCUT2D eigenvalue weighted by Crippen LogP contribution is 2.21. The van der Waals surface area contributed by atoms with Crippen molar-refractivity contribution in [3.63, 3.8) is 0 Å². The second-order valence-electron chi connectivity index (χ2n) is 5.76. The van der Waals surface area contributed by atoms with E-state index < -0.39 is 0 Å². The summed E-state index contributed by atoms with van der Waals surface area (Å²) >= 11 is 8.10. The van der Waals surface area contributed by atoms with Crippen LogP contribution in [0.5, 0.6) is 5.75 Å². The van der Waals surface area contributed by atoms with Gasteiger partial charge in [0.15, 0.2) is 0 Å². The van der Waals surface area contributed by atoms with Crippen molar-refractivity contribution in [1.29, 1.82) is 0 Å². The highest BCUT2D eigenvalue weighted by Gasteiger charge is 2.25. The van der Waals surface area contributed by atoms with Crippen LogP contribution in [0, 0.1) is 3.57 Å². The Morgan fingerprint density at radius 2 is 1.48 bits per heavy atom. The number of phenols is 1. The van der Waals surface area contributed by atoms with Gasteiger partial charge in [-0.2, -0.15) is 0 Å². The van der Waals surface area contributed by atoms with Gasteiger partial charge in [-0.3, -0.25) is 9.59 Å². The number of carbonyl (C=O) groups is 2. The van der Waals surface area contributed by atoms with Crippen LogP contribution in [-0.4, -0.2) is 52.9 Å². The summed E-state index contributed by atoms with van der Waals surface area (Å²) in [6, 6.07) is 11.5. The topological polar surface area (TPSA) is 60.9 Å². The lowest BCUT2D eigenvalue weighted by Gasteiger charge is -2.35. The van der Waals surface area contributed by atoms with Crippen molar-refractivity contribution in [1.82, 2.24) is 9.80 Å². The number of carbonyl (C=O) groups excluding carboxylic acids is 2. The molecule has 1 N–H and O–H groups in total. The Morgan fingerprint density at radius 3 is 2.00 bits per heavy atom. The van der Waals surface area contributed by atoms with Crippen molar-refractivity contribution in [2.75, 3.05) is 26.2 Å². The first kappa shape index (κ1) is 18.0. The highest BCUT2D eigenvalue weighted by atomic mass is 127. The molecule has 130 valence electrons. The highest BCUT2D eigenvalue weighted by molar-refractivity contribution is 14.1. The van der Waals surface area contributed by atoms with Crippen LogP contribution in [0.4, 0.5) is 0 Å². The zero-order valence-electron chi connectivity index (χ0n) is 13.3. The zero-order valence-corrected chi connectivity index (χ0v) is 16.2. The molecular formula is C18H16ClIN2O3. The molecule has 1 aliphatic rings. The molecule has 1 fully saturated rings. The predicted octanol–water partition coefficient (Wildman–Crippen LogP) is 3.25. The lowest BCUT2D eigenvalue weighted by molar-refractivity contribution is 0.0535. The van der Waals surface area contributed by atoms with Crippen molar-refractivity contribution in [3.05, 3.63) is 62.2 Å². The van der Waals surface area contributed by atoms with E-state index in [4.69, 9.17) is 11.6 Å². The fraction of sp³-hybridized carbons (Fsp3) is 0.222. The largest absolute Gasteiger partial charge is 0.508 e. The van der Waals surface area contributed by atoms with E-state index in [2.05, 4.69) is 22.6 Å². The number of hydrogen-bond acceptors (Lipinski definition) is 3. The molecule has 1 saturated heterocycles. The van der Waals surface area contributed by atoms with Crippen LogP contribution in [0.3, 0.4) is 0 Å². The number of aromatic hydroxyl groups is 1. The van der Waals surface area contributed by atoms with E-state index in [1.54, 1.807) is 40.1 Å². The fourth-order valence-electron chi connectivity index (χ4n) is 2.75. The van der Waals surface area contributed by atoms with Crippen molar-refractivity contribution in [2.45, 2.75) is 0 Å². The van der Waals surface area contributed by atoms with Gasteiger partial charge < -0.3 is 14.9 Å². The van der Waals surface area contributed by atoms with Gasteiger partial charge in [0.25, 0.3) is 11.8 Å². The number of rotatable bonds is 2. The van der Waals surface area contributed by atoms with Crippen LogP contribution < -0.4 is 0 Å². The quantitative estimate of drug-likeness (QED) is 0.686. The zero-order chi connectivity index (χ0) is 18.0. The molecule has 0 aromatic heterocycles. The summed E-state index contributed by atoms with van der Waals surface area (Å²) in [6.07, 6.45) is 0. The van der Waals surface area contributed by atoms with Crippen LogP contribution in [0.2, 0.25) is 5.02 Å². The van der Waals surface area contributed by atoms with E-state index in [0.717, 1.165) is 3.57 Å². The lowest BCUT2D eigenvalue weighted by atomic mass is 10.1. The molecule has 3 rings (SSSR count). The van der Waals surface area contributed by atoms with Crippen molar-refractivity contribution < 1.29 is 14.7 Å². The van der Waals surface area contributed by atoms with E-state index in [0.29, 0.717) is 42.3 Å². The maximum atomic E-state index is 12.6. The van der Waals surface area contributed by atoms with Gasteiger partial charge in [0, 0.05) is 40.9 Å². The third-order valence-electron chi connectivity index (χ3n) is 4.11. The second-order valence-corrected chi connectivity index (χ2v) is 7.33. The van der Waals surface area contributed by atoms with Gasteiger partial charge >= 0.3 is 0 Å². The Kier molecular flexibility index (Phi) is 5.48. The molecule has 1 heterocycles. The molecule has 5 nitrogen and oxygen atoms in total. The first-order valence-electron chi connectivity index (χ1n) is 7.78. The Balaban J connectivity index is 1.64. The molecule has 25 heavy (non-hydrogen) atoms. The molecule has 0 unspecified atom stereocenters. The first-order chi connectivity index (χ1) is 12.0. The van der Waals surface area contributed by atoms with Gasteiger partial charge in [0.05, 0.1) is 5.02 Å². The SMILES string of the molecule is O=C(c1cccc(O)c1)N1CCN(C(=O)c2ccc(Cl)c(I)c2)CC1. The summed E-state index contributed by atoms with van der Waals surface area (Å²) in [5.74, 6) is -0.125. The first-order valence-corrected chi connectivity index (χ1v) is 9.24. The van der Waals surface area contributed by atoms with Crippen LogP contribution in [0.1, 0.15) is 20.7 Å². The van der Waals surface area contributed by atoms with Gasteiger partial charge in [0.1, 0.15) is 5.75 Å². The standard InChI is InChI=1S/C18H16ClIN2O3/c19-15-5-4-13(11-16(15)20)18(25)22-8-6-21(7-9-22)17(24)12-2-1-3-14(23)10-12/h1-5,10-11,23H,6-9H2. The van der Waals surface area contributed by atoms with Gasteiger partial charge in [-0.05, 0) is 59.0 Å². The summed E-state index contributed by atoms with van der Waals surface area (Å²) in [5, 5.41) is 10.1. The smallest absolute Gasteiger partial charge is 0.254 e. The van der Waals surface area contributed by atoms with Crippen molar-refractivity contribution >= 4 is 46.0 Å². The van der Waals surface area contributed by atoms with E-state index in [1.165, 1.54) is 12.1 Å². The predicted molar refractivity (Wildman–Crippen MR) is 104 cm³/mol. The van der Waals surface area contributed by atoms with Crippen LogP contribution in [-0.2, 0) is 0 Å². The molecule has 2 aromatic rings. The Bertz CT molecular complexity index is 820. The minimum absolute atomic E-state index is 0.0564. The molecule has 0 bridgehead atoms. The molecule has 7 heteroatoms. The second kappa shape index (κ2) is 7.61. The average molecular weight is 471 g/mol. The van der Waals surface area contributed by atoms with E-state index in [9.17, 15) is 14.7 Å². The number of benzene rings is 2. The molecule has 2 amide bonds. The van der Waals surface area contributed by atoms with Gasteiger partial charge in [-0.25, -0.2) is 0 Å². The van der Waals surface area contributed by atoms with Gasteiger partial charge in [-0.1, -0.05) is 17.7 Å². The van der Waals surface area contributed by atoms with Crippen molar-refractivity contribution in [3.8, 4) is 5.75 Å². The van der Waals surface area contributed by atoms with Crippen LogP contribution in [0.15, 0.2) is 42.5 Å². The molecule has 0 aliphatic carbocycles. The molecule has 0 radical (unpaired) electrons. The van der Waals surface area contributed by atoms with Crippen LogP contribution >= 0.6 is 34.2 Å². The Hall–Kier alpha value is -1.80. The summed E-state index contributed by atoms with van der Waals surface area (Å²) in [5.41, 5.74) is 1.05. The molecule has 0 atom stereocenters. The van der Waals surface area contributed by atoms with E-state index >= 15 is 0 Å². The van der Waals surface area contributed by atoms with E-state index in [1.807, 2.05) is 0 Å². The number of halogens is 2. The maximum Gasteiger partial charge on any atom is 0.254 e. The van der Waals surface area contributed by atoms with Crippen LogP contribution in [0.25, 0.3) is 0 Å². The summed E-state index contributed by atoms with van der Waals surface area (Å²) in [6.45, 7) is 1.88. The number of amides is 2. The summed E-state index contributed by atoms with van der Waals surface area (Å²) in [7, 11) is 0. The third-order valence-corrected chi connectivity index (χ3v) is 5.65. The van der Waals surface area contributed by atoms with Crippen molar-refractivity contribution in [2.24, 2.45) is 0 Å².